The first-order chi connectivity index (χ1) is 18.3. The van der Waals surface area contributed by atoms with Gasteiger partial charge in [0.15, 0.2) is 10.6 Å². The highest BCUT2D eigenvalue weighted by Gasteiger charge is 2.56. The van der Waals surface area contributed by atoms with Crippen LogP contribution in [0.15, 0.2) is 41.3 Å². The van der Waals surface area contributed by atoms with E-state index in [0.717, 1.165) is 23.0 Å². The number of esters is 1. The van der Waals surface area contributed by atoms with Crippen molar-refractivity contribution < 1.29 is 33.0 Å². The average molecular weight is 607 g/mol. The molecule has 39 heavy (non-hydrogen) atoms. The molecule has 15 heteroatoms. The quantitative estimate of drug-likeness (QED) is 0.184. The van der Waals surface area contributed by atoms with E-state index in [4.69, 9.17) is 47.5 Å². The predicted molar refractivity (Wildman–Crippen MR) is 146 cm³/mol. The molecule has 1 aliphatic rings. The molecule has 0 aliphatic carbocycles. The maximum Gasteiger partial charge on any atom is 0.459 e. The molecular formula is C24H33Cl2N4O8P. The smallest absolute Gasteiger partial charge is 0.459 e. The molecule has 3 rings (SSSR count). The molecule has 1 fully saturated rings. The molecule has 2 heterocycles. The summed E-state index contributed by atoms with van der Waals surface area (Å²) in [7, 11) is -4.28. The zero-order valence-corrected chi connectivity index (χ0v) is 24.4. The number of anilines is 1. The molecule has 216 valence electrons. The number of nitrogens with two attached hydrogens (primary N) is 1. The van der Waals surface area contributed by atoms with Crippen LogP contribution >= 0.6 is 30.9 Å². The molecule has 5 unspecified atom stereocenters. The van der Waals surface area contributed by atoms with Gasteiger partial charge in [-0.05, 0) is 51.0 Å². The first-order valence-corrected chi connectivity index (χ1v) is 14.6. The third-order valence-electron chi connectivity index (χ3n) is 5.64. The fraction of sp³-hybridized carbons (Fsp3) is 0.542. The zero-order chi connectivity index (χ0) is 29.0. The van der Waals surface area contributed by atoms with Gasteiger partial charge >= 0.3 is 19.4 Å². The van der Waals surface area contributed by atoms with Crippen molar-refractivity contribution in [1.82, 2.24) is 14.6 Å². The van der Waals surface area contributed by atoms with Crippen LogP contribution in [0, 0.1) is 0 Å². The molecule has 5 atom stereocenters. The Bertz CT molecular complexity index is 1240. The molecule has 1 saturated heterocycles. The standard InChI is InChI=1S/C24H33Cl2N4O8P/c1-5-6-16-7-9-17(10-8-16)38-39(34,29-15(4)21(32)36-14(2)3)35-13-18-20(31)24(25,26)22(37-18)30-12-11-19(27)28-23(30)33/h7-12,14-15,18,20,22,31H,5-6,13H2,1-4H3,(H,29,34)(H2,27,28,33). The minimum Gasteiger partial charge on any atom is -0.462 e. The number of nitrogens with one attached hydrogen (secondary N) is 1. The van der Waals surface area contributed by atoms with Crippen molar-refractivity contribution in [3.05, 3.63) is 52.6 Å². The van der Waals surface area contributed by atoms with Crippen molar-refractivity contribution in [2.45, 2.75) is 75.5 Å². The SMILES string of the molecule is CCCc1ccc(OP(=O)(NC(C)C(=O)OC(C)C)OCC2OC(n3ccc(N)nc3=O)C(Cl)(Cl)C2O)cc1. The summed E-state index contributed by atoms with van der Waals surface area (Å²) in [5.74, 6) is -0.491. The molecule has 0 bridgehead atoms. The molecule has 0 saturated carbocycles. The number of nitrogens with zero attached hydrogens (tertiary/aromatic N) is 2. The minimum absolute atomic E-state index is 0.0265. The predicted octanol–water partition coefficient (Wildman–Crippen LogP) is 3.34. The van der Waals surface area contributed by atoms with Crippen LogP contribution in [-0.2, 0) is 29.8 Å². The van der Waals surface area contributed by atoms with Gasteiger partial charge in [0.1, 0.15) is 29.8 Å². The van der Waals surface area contributed by atoms with Crippen molar-refractivity contribution in [2.75, 3.05) is 12.3 Å². The Hall–Kier alpha value is -2.18. The fourth-order valence-electron chi connectivity index (χ4n) is 3.74. The van der Waals surface area contributed by atoms with Gasteiger partial charge in [0, 0.05) is 6.20 Å². The summed E-state index contributed by atoms with van der Waals surface area (Å²) in [6.45, 7) is 6.30. The van der Waals surface area contributed by atoms with E-state index in [9.17, 15) is 19.3 Å². The number of benzene rings is 1. The van der Waals surface area contributed by atoms with Gasteiger partial charge in [0.2, 0.25) is 0 Å². The van der Waals surface area contributed by atoms with Gasteiger partial charge in [-0.25, -0.2) is 9.36 Å². The van der Waals surface area contributed by atoms with Crippen LogP contribution in [0.4, 0.5) is 5.82 Å². The Morgan fingerprint density at radius 3 is 2.54 bits per heavy atom. The molecule has 0 amide bonds. The first kappa shape index (κ1) is 31.3. The third-order valence-corrected chi connectivity index (χ3v) is 8.10. The summed E-state index contributed by atoms with van der Waals surface area (Å²) < 4.78 is 35.0. The number of hydrogen-bond acceptors (Lipinski definition) is 10. The maximum absolute atomic E-state index is 13.8. The first-order valence-electron chi connectivity index (χ1n) is 12.3. The lowest BCUT2D eigenvalue weighted by Gasteiger charge is -2.25. The Kier molecular flexibility index (Phi) is 10.4. The highest BCUT2D eigenvalue weighted by atomic mass is 35.5. The number of carbonyl (C=O) groups is 1. The zero-order valence-electron chi connectivity index (χ0n) is 22.0. The normalized spacial score (nSPS) is 22.8. The van der Waals surface area contributed by atoms with Gasteiger partial charge in [-0.1, -0.05) is 48.7 Å². The number of aryl methyl sites for hydroxylation is 1. The lowest BCUT2D eigenvalue weighted by molar-refractivity contribution is -0.149. The van der Waals surface area contributed by atoms with E-state index in [-0.39, 0.29) is 11.6 Å². The van der Waals surface area contributed by atoms with Crippen LogP contribution in [0.25, 0.3) is 0 Å². The molecule has 0 radical (unpaired) electrons. The Morgan fingerprint density at radius 1 is 1.28 bits per heavy atom. The van der Waals surface area contributed by atoms with E-state index < -0.39 is 60.9 Å². The van der Waals surface area contributed by atoms with E-state index in [0.29, 0.717) is 0 Å². The Labute approximate surface area is 236 Å². The largest absolute Gasteiger partial charge is 0.462 e. The van der Waals surface area contributed by atoms with Crippen LogP contribution in [0.2, 0.25) is 0 Å². The van der Waals surface area contributed by atoms with Crippen LogP contribution in [0.5, 0.6) is 5.75 Å². The summed E-state index contributed by atoms with van der Waals surface area (Å²) in [5, 5.41) is 13.3. The summed E-state index contributed by atoms with van der Waals surface area (Å²) >= 11 is 12.7. The van der Waals surface area contributed by atoms with E-state index >= 15 is 0 Å². The van der Waals surface area contributed by atoms with Crippen LogP contribution in [0.1, 0.15) is 45.9 Å². The van der Waals surface area contributed by atoms with Crippen molar-refractivity contribution in [3.8, 4) is 5.75 Å². The summed E-state index contributed by atoms with van der Waals surface area (Å²) in [4.78, 5) is 28.3. The number of aromatic nitrogens is 2. The van der Waals surface area contributed by atoms with Crippen LogP contribution in [-0.4, -0.2) is 55.9 Å². The molecule has 1 aliphatic heterocycles. The van der Waals surface area contributed by atoms with Crippen molar-refractivity contribution >= 4 is 42.7 Å². The van der Waals surface area contributed by atoms with Gasteiger partial charge in [-0.3, -0.25) is 13.9 Å². The fourth-order valence-corrected chi connectivity index (χ4v) is 5.84. The lowest BCUT2D eigenvalue weighted by Crippen LogP contribution is -2.40. The van der Waals surface area contributed by atoms with Crippen LogP contribution < -0.4 is 21.0 Å². The monoisotopic (exact) mass is 606 g/mol. The van der Waals surface area contributed by atoms with E-state index in [1.54, 1.807) is 26.0 Å². The van der Waals surface area contributed by atoms with Gasteiger partial charge in [-0.2, -0.15) is 10.1 Å². The number of nitrogen functional groups attached to an aromatic ring is 1. The highest BCUT2D eigenvalue weighted by molar-refractivity contribution is 7.52. The number of hydrogen-bond donors (Lipinski definition) is 3. The number of halogens is 2. The molecular weight excluding hydrogens is 574 g/mol. The highest BCUT2D eigenvalue weighted by Crippen LogP contribution is 2.49. The van der Waals surface area contributed by atoms with Gasteiger partial charge < -0.3 is 24.8 Å². The molecule has 1 aromatic carbocycles. The summed E-state index contributed by atoms with van der Waals surface area (Å²) in [6.07, 6.45) is -1.54. The molecule has 12 nitrogen and oxygen atoms in total. The number of aliphatic hydroxyl groups is 1. The number of ether oxygens (including phenoxy) is 2. The second-order valence-electron chi connectivity index (χ2n) is 9.30. The summed E-state index contributed by atoms with van der Waals surface area (Å²) in [6, 6.07) is 7.14. The molecule has 1 aromatic heterocycles. The van der Waals surface area contributed by atoms with Gasteiger partial charge in [-0.15, -0.1) is 0 Å². The topological polar surface area (TPSA) is 164 Å². The van der Waals surface area contributed by atoms with Crippen molar-refractivity contribution in [1.29, 1.82) is 0 Å². The minimum atomic E-state index is -4.28. The second-order valence-corrected chi connectivity index (χ2v) is 12.4. The lowest BCUT2D eigenvalue weighted by atomic mass is 10.1. The number of aliphatic hydroxyl groups excluding tert-OH is 1. The Balaban J connectivity index is 1.81. The van der Waals surface area contributed by atoms with E-state index in [1.807, 2.05) is 12.1 Å². The Morgan fingerprint density at radius 2 is 1.95 bits per heavy atom. The molecule has 2 aromatic rings. The number of carbonyl (C=O) groups excluding carboxylic acids is 1. The maximum atomic E-state index is 13.8. The molecule has 4 N–H and O–H groups in total. The second kappa shape index (κ2) is 13.0. The van der Waals surface area contributed by atoms with Crippen molar-refractivity contribution in [2.24, 2.45) is 0 Å². The van der Waals surface area contributed by atoms with Crippen molar-refractivity contribution in [3.63, 3.8) is 0 Å². The third kappa shape index (κ3) is 7.94. The van der Waals surface area contributed by atoms with Gasteiger partial charge in [0.25, 0.3) is 0 Å². The summed E-state index contributed by atoms with van der Waals surface area (Å²) in [5.41, 5.74) is 5.79. The van der Waals surface area contributed by atoms with Gasteiger partial charge in [0.05, 0.1) is 12.7 Å². The van der Waals surface area contributed by atoms with E-state index in [1.165, 1.54) is 19.2 Å². The average Bonchev–Trinajstić information content (AvgIpc) is 3.07. The van der Waals surface area contributed by atoms with Crippen LogP contribution in [0.3, 0.4) is 0 Å². The van der Waals surface area contributed by atoms with E-state index in [2.05, 4.69) is 17.0 Å². The number of rotatable bonds is 12. The number of alkyl halides is 2. The molecule has 0 spiro atoms.